The molecule has 0 spiro atoms. The standard InChI is InChI=1S/C16H25FN2S/c1-11(2)18-10-14-9-15(17)5-6-16(14)19-7-8-20-13(4)12(19)3/h5-6,9,11-13,18H,7-8,10H2,1-4H3. The Hall–Kier alpha value is -0.740. The van der Waals surface area contributed by atoms with Gasteiger partial charge in [-0.3, -0.25) is 0 Å². The van der Waals surface area contributed by atoms with E-state index in [1.165, 1.54) is 5.69 Å². The molecule has 2 rings (SSSR count). The second-order valence-electron chi connectivity index (χ2n) is 5.82. The lowest BCUT2D eigenvalue weighted by Crippen LogP contribution is -2.45. The van der Waals surface area contributed by atoms with Crippen LogP contribution in [-0.4, -0.2) is 29.6 Å². The zero-order valence-electron chi connectivity index (χ0n) is 12.8. The minimum atomic E-state index is -0.151. The van der Waals surface area contributed by atoms with Gasteiger partial charge in [-0.1, -0.05) is 20.8 Å². The Morgan fingerprint density at radius 1 is 1.40 bits per heavy atom. The maximum absolute atomic E-state index is 13.6. The highest BCUT2D eigenvalue weighted by Gasteiger charge is 2.26. The van der Waals surface area contributed by atoms with Crippen LogP contribution in [0.15, 0.2) is 18.2 Å². The van der Waals surface area contributed by atoms with Crippen LogP contribution in [-0.2, 0) is 6.54 Å². The molecule has 0 radical (unpaired) electrons. The molecule has 20 heavy (non-hydrogen) atoms. The predicted molar refractivity (Wildman–Crippen MR) is 87.1 cm³/mol. The second kappa shape index (κ2) is 6.81. The molecule has 0 aromatic heterocycles. The van der Waals surface area contributed by atoms with Crippen molar-refractivity contribution in [2.45, 2.75) is 51.6 Å². The molecule has 0 amide bonds. The Kier molecular flexibility index (Phi) is 5.33. The number of nitrogens with one attached hydrogen (secondary N) is 1. The Bertz CT molecular complexity index is 450. The molecule has 112 valence electrons. The van der Waals surface area contributed by atoms with Crippen molar-refractivity contribution in [2.24, 2.45) is 0 Å². The van der Waals surface area contributed by atoms with Crippen LogP contribution >= 0.6 is 11.8 Å². The third-order valence-electron chi connectivity index (χ3n) is 3.94. The summed E-state index contributed by atoms with van der Waals surface area (Å²) in [5, 5.41) is 4.01. The average molecular weight is 296 g/mol. The van der Waals surface area contributed by atoms with Crippen molar-refractivity contribution >= 4 is 17.4 Å². The van der Waals surface area contributed by atoms with Crippen molar-refractivity contribution in [2.75, 3.05) is 17.2 Å². The highest BCUT2D eigenvalue weighted by atomic mass is 32.2. The highest BCUT2D eigenvalue weighted by molar-refractivity contribution is 8.00. The van der Waals surface area contributed by atoms with E-state index in [4.69, 9.17) is 0 Å². The molecule has 1 heterocycles. The predicted octanol–water partition coefficient (Wildman–Crippen LogP) is 3.65. The van der Waals surface area contributed by atoms with Crippen LogP contribution in [0.5, 0.6) is 0 Å². The fraction of sp³-hybridized carbons (Fsp3) is 0.625. The van der Waals surface area contributed by atoms with Gasteiger partial charge in [0.25, 0.3) is 0 Å². The van der Waals surface area contributed by atoms with Crippen LogP contribution in [0.2, 0.25) is 0 Å². The highest BCUT2D eigenvalue weighted by Crippen LogP contribution is 2.31. The van der Waals surface area contributed by atoms with Crippen molar-refractivity contribution in [1.82, 2.24) is 5.32 Å². The molecular formula is C16H25FN2S. The third-order valence-corrected chi connectivity index (χ3v) is 5.27. The van der Waals surface area contributed by atoms with Gasteiger partial charge < -0.3 is 10.2 Å². The normalized spacial score (nSPS) is 23.4. The first-order valence-electron chi connectivity index (χ1n) is 7.39. The minimum absolute atomic E-state index is 0.151. The van der Waals surface area contributed by atoms with Crippen LogP contribution in [0.4, 0.5) is 10.1 Å². The quantitative estimate of drug-likeness (QED) is 0.913. The molecule has 1 aliphatic rings. The van der Waals surface area contributed by atoms with Crippen molar-refractivity contribution in [1.29, 1.82) is 0 Å². The molecule has 0 aliphatic carbocycles. The molecule has 1 aromatic carbocycles. The summed E-state index contributed by atoms with van der Waals surface area (Å²) >= 11 is 2.02. The summed E-state index contributed by atoms with van der Waals surface area (Å²) in [5.74, 6) is 0.987. The molecule has 1 N–H and O–H groups in total. The number of thioether (sulfide) groups is 1. The van der Waals surface area contributed by atoms with Gasteiger partial charge in [0.15, 0.2) is 0 Å². The lowest BCUT2D eigenvalue weighted by molar-refractivity contribution is 0.573. The maximum atomic E-state index is 13.6. The van der Waals surface area contributed by atoms with E-state index in [1.807, 2.05) is 17.8 Å². The molecule has 0 saturated carbocycles. The van der Waals surface area contributed by atoms with E-state index in [0.717, 1.165) is 24.4 Å². The number of anilines is 1. The Morgan fingerprint density at radius 2 is 2.15 bits per heavy atom. The summed E-state index contributed by atoms with van der Waals surface area (Å²) in [6, 6.07) is 6.07. The first-order valence-corrected chi connectivity index (χ1v) is 8.44. The van der Waals surface area contributed by atoms with Gasteiger partial charge in [-0.25, -0.2) is 4.39 Å². The molecule has 1 saturated heterocycles. The van der Waals surface area contributed by atoms with Crippen LogP contribution < -0.4 is 10.2 Å². The summed E-state index contributed by atoms with van der Waals surface area (Å²) in [6.07, 6.45) is 0. The van der Waals surface area contributed by atoms with E-state index in [-0.39, 0.29) is 5.82 Å². The number of hydrogen-bond donors (Lipinski definition) is 1. The fourth-order valence-corrected chi connectivity index (χ4v) is 3.66. The smallest absolute Gasteiger partial charge is 0.123 e. The van der Waals surface area contributed by atoms with E-state index < -0.39 is 0 Å². The Balaban J connectivity index is 2.25. The lowest BCUT2D eigenvalue weighted by atomic mass is 10.1. The van der Waals surface area contributed by atoms with E-state index in [2.05, 4.69) is 37.9 Å². The van der Waals surface area contributed by atoms with Crippen molar-refractivity contribution in [3.8, 4) is 0 Å². The maximum Gasteiger partial charge on any atom is 0.123 e. The minimum Gasteiger partial charge on any atom is -0.367 e. The van der Waals surface area contributed by atoms with Crippen molar-refractivity contribution < 1.29 is 4.39 Å². The zero-order valence-corrected chi connectivity index (χ0v) is 13.6. The molecule has 1 aromatic rings. The number of benzene rings is 1. The second-order valence-corrected chi connectivity index (χ2v) is 7.30. The Morgan fingerprint density at radius 3 is 2.85 bits per heavy atom. The van der Waals surface area contributed by atoms with Gasteiger partial charge in [-0.05, 0) is 30.7 Å². The van der Waals surface area contributed by atoms with Crippen molar-refractivity contribution in [3.05, 3.63) is 29.6 Å². The SMILES string of the molecule is CC(C)NCc1cc(F)ccc1N1CCSC(C)C1C. The summed E-state index contributed by atoms with van der Waals surface area (Å²) in [6.45, 7) is 10.5. The van der Waals surface area contributed by atoms with E-state index in [1.54, 1.807) is 12.1 Å². The van der Waals surface area contributed by atoms with E-state index >= 15 is 0 Å². The van der Waals surface area contributed by atoms with Gasteiger partial charge in [-0.15, -0.1) is 0 Å². The number of rotatable bonds is 4. The summed E-state index contributed by atoms with van der Waals surface area (Å²) < 4.78 is 13.6. The summed E-state index contributed by atoms with van der Waals surface area (Å²) in [5.41, 5.74) is 2.24. The number of hydrogen-bond acceptors (Lipinski definition) is 3. The first-order chi connectivity index (χ1) is 9.49. The molecule has 1 aliphatic heterocycles. The Labute approximate surface area is 126 Å². The monoisotopic (exact) mass is 296 g/mol. The van der Waals surface area contributed by atoms with Crippen LogP contribution in [0.1, 0.15) is 33.3 Å². The lowest BCUT2D eigenvalue weighted by Gasteiger charge is -2.40. The number of halogens is 1. The van der Waals surface area contributed by atoms with Crippen molar-refractivity contribution in [3.63, 3.8) is 0 Å². The van der Waals surface area contributed by atoms with Gasteiger partial charge in [0.05, 0.1) is 0 Å². The topological polar surface area (TPSA) is 15.3 Å². The average Bonchev–Trinajstić information content (AvgIpc) is 2.40. The van der Waals surface area contributed by atoms with E-state index in [9.17, 15) is 4.39 Å². The van der Waals surface area contributed by atoms with Gasteiger partial charge in [0, 0.05) is 41.9 Å². The molecule has 4 heteroatoms. The van der Waals surface area contributed by atoms with Gasteiger partial charge in [-0.2, -0.15) is 11.8 Å². The van der Waals surface area contributed by atoms with Gasteiger partial charge in [0.1, 0.15) is 5.82 Å². The fourth-order valence-electron chi connectivity index (χ4n) is 2.56. The van der Waals surface area contributed by atoms with E-state index in [0.29, 0.717) is 17.3 Å². The first kappa shape index (κ1) is 15.6. The van der Waals surface area contributed by atoms with Crippen LogP contribution in [0.3, 0.4) is 0 Å². The van der Waals surface area contributed by atoms with Crippen LogP contribution in [0.25, 0.3) is 0 Å². The summed E-state index contributed by atoms with van der Waals surface area (Å²) in [7, 11) is 0. The molecule has 1 fully saturated rings. The zero-order chi connectivity index (χ0) is 14.7. The molecule has 2 nitrogen and oxygen atoms in total. The molecule has 2 atom stereocenters. The summed E-state index contributed by atoms with van der Waals surface area (Å²) in [4.78, 5) is 2.43. The number of nitrogens with zero attached hydrogens (tertiary/aromatic N) is 1. The van der Waals surface area contributed by atoms with Gasteiger partial charge >= 0.3 is 0 Å². The molecule has 2 unspecified atom stereocenters. The van der Waals surface area contributed by atoms with Gasteiger partial charge in [0.2, 0.25) is 0 Å². The largest absolute Gasteiger partial charge is 0.367 e. The molecular weight excluding hydrogens is 271 g/mol. The van der Waals surface area contributed by atoms with Crippen LogP contribution in [0, 0.1) is 5.82 Å². The third kappa shape index (κ3) is 3.67. The molecule has 0 bridgehead atoms.